The third-order valence-corrected chi connectivity index (χ3v) is 5.75. The third kappa shape index (κ3) is 1.75. The first kappa shape index (κ1) is 12.6. The van der Waals surface area contributed by atoms with E-state index in [0.717, 1.165) is 11.1 Å². The average Bonchev–Trinajstić information content (AvgIpc) is 2.91. The van der Waals surface area contributed by atoms with Crippen LogP contribution in [0.2, 0.25) is 0 Å². The minimum Gasteiger partial charge on any atom is -0.185 e. The number of nitrogens with one attached hydrogen (secondary N) is 1. The predicted molar refractivity (Wildman–Crippen MR) is 78.2 cm³/mol. The number of allylic oxidation sites excluding steroid dienone is 2. The topological polar surface area (TPSA) is 72.8 Å². The number of benzene rings is 1. The number of nitrogens with zero attached hydrogens (tertiary/aromatic N) is 2. The van der Waals surface area contributed by atoms with Crippen molar-refractivity contribution in [3.63, 3.8) is 0 Å². The van der Waals surface area contributed by atoms with Gasteiger partial charge in [0.15, 0.2) is 6.04 Å². The predicted octanol–water partition coefficient (Wildman–Crippen LogP) is 0.563. The summed E-state index contributed by atoms with van der Waals surface area (Å²) in [5.41, 5.74) is 2.52. The third-order valence-electron chi connectivity index (χ3n) is 4.24. The lowest BCUT2D eigenvalue weighted by molar-refractivity contribution is -0.270. The van der Waals surface area contributed by atoms with Gasteiger partial charge in [-0.25, -0.2) is 0 Å². The minimum absolute atomic E-state index is 0.161. The smallest absolute Gasteiger partial charge is 0.185 e. The molecule has 1 aliphatic carbocycles. The molecular weight excluding hydrogens is 286 g/mol. The summed E-state index contributed by atoms with van der Waals surface area (Å²) in [5.74, 6) is -0.212. The second kappa shape index (κ2) is 4.21. The van der Waals surface area contributed by atoms with Crippen molar-refractivity contribution in [3.8, 4) is 0 Å². The van der Waals surface area contributed by atoms with Gasteiger partial charge in [-0.3, -0.25) is 0 Å². The zero-order valence-electron chi connectivity index (χ0n) is 11.4. The Hall–Kier alpha value is -2.08. The summed E-state index contributed by atoms with van der Waals surface area (Å²) in [5, 5.41) is 8.67. The van der Waals surface area contributed by atoms with E-state index in [4.69, 9.17) is 0 Å². The highest BCUT2D eigenvalue weighted by Gasteiger charge is 2.53. The highest BCUT2D eigenvalue weighted by atomic mass is 32.2. The van der Waals surface area contributed by atoms with Gasteiger partial charge in [-0.15, -0.1) is 4.40 Å². The minimum atomic E-state index is -3.52. The molecule has 106 valence electrons. The monoisotopic (exact) mass is 300 g/mol. The van der Waals surface area contributed by atoms with Crippen LogP contribution in [-0.2, 0) is 10.0 Å². The number of sulfonamides is 1. The zero-order chi connectivity index (χ0) is 14.6. The van der Waals surface area contributed by atoms with Crippen molar-refractivity contribution in [1.29, 1.82) is 0 Å². The molecule has 3 unspecified atom stereocenters. The van der Waals surface area contributed by atoms with Crippen LogP contribution >= 0.6 is 0 Å². The van der Waals surface area contributed by atoms with Gasteiger partial charge in [0.2, 0.25) is 5.71 Å². The van der Waals surface area contributed by atoms with E-state index in [1.807, 2.05) is 43.3 Å². The van der Waals surface area contributed by atoms with E-state index >= 15 is 0 Å². The Morgan fingerprint density at radius 2 is 1.76 bits per heavy atom. The lowest BCUT2D eigenvalue weighted by Gasteiger charge is -2.27. The Morgan fingerprint density at radius 3 is 2.52 bits per heavy atom. The molecule has 2 heterocycles. The van der Waals surface area contributed by atoms with Gasteiger partial charge in [0.1, 0.15) is 10.9 Å². The van der Waals surface area contributed by atoms with E-state index in [1.165, 1.54) is 0 Å². The van der Waals surface area contributed by atoms with E-state index in [2.05, 4.69) is 14.6 Å². The molecule has 1 aromatic carbocycles. The molecule has 21 heavy (non-hydrogen) atoms. The molecule has 6 heteroatoms. The molecule has 0 radical (unpaired) electrons. The van der Waals surface area contributed by atoms with Crippen LogP contribution in [0.15, 0.2) is 63.2 Å². The maximum atomic E-state index is 12.5. The van der Waals surface area contributed by atoms with Crippen LogP contribution in [0, 0.1) is 5.92 Å². The first-order valence-electron chi connectivity index (χ1n) is 6.81. The number of hydrogen-bond donors (Lipinski definition) is 1. The Kier molecular flexibility index (Phi) is 2.53. The summed E-state index contributed by atoms with van der Waals surface area (Å²) in [6.07, 6.45) is 3.51. The molecule has 0 bridgehead atoms. The molecule has 0 aromatic heterocycles. The van der Waals surface area contributed by atoms with Crippen LogP contribution < -0.4 is 4.40 Å². The van der Waals surface area contributed by atoms with Gasteiger partial charge in [0.25, 0.3) is 0 Å². The summed E-state index contributed by atoms with van der Waals surface area (Å²) in [4.78, 5) is 0.396. The van der Waals surface area contributed by atoms with Gasteiger partial charge in [-0.05, 0) is 30.7 Å². The lowest BCUT2D eigenvalue weighted by Crippen LogP contribution is -2.82. The van der Waals surface area contributed by atoms with Gasteiger partial charge in [0, 0.05) is 5.56 Å². The molecule has 3 atom stereocenters. The molecule has 0 saturated carbocycles. The summed E-state index contributed by atoms with van der Waals surface area (Å²) in [7, 11) is -3.52. The Balaban J connectivity index is 1.94. The second-order valence-electron chi connectivity index (χ2n) is 5.51. The molecule has 1 N–H and O–H groups in total. The van der Waals surface area contributed by atoms with Crippen molar-refractivity contribution < 1.29 is 12.8 Å². The first-order valence-corrected chi connectivity index (χ1v) is 8.30. The van der Waals surface area contributed by atoms with E-state index in [0.29, 0.717) is 10.6 Å². The molecule has 0 saturated heterocycles. The fraction of sp³-hybridized carbons (Fsp3) is 0.267. The Bertz CT molecular complexity index is 835. The molecule has 4 rings (SSSR count). The van der Waals surface area contributed by atoms with Crippen LogP contribution in [0.4, 0.5) is 0 Å². The van der Waals surface area contributed by atoms with Crippen molar-refractivity contribution in [2.24, 2.45) is 16.1 Å². The summed E-state index contributed by atoms with van der Waals surface area (Å²) in [6.45, 7) is 1.97. The molecule has 0 fully saturated rings. The van der Waals surface area contributed by atoms with Crippen LogP contribution in [0.3, 0.4) is 0 Å². The molecule has 5 nitrogen and oxygen atoms in total. The normalized spacial score (nSPS) is 32.0. The second-order valence-corrected chi connectivity index (χ2v) is 7.19. The molecule has 0 spiro atoms. The van der Waals surface area contributed by atoms with Crippen LogP contribution in [-0.4, -0.2) is 26.2 Å². The maximum absolute atomic E-state index is 12.5. The van der Waals surface area contributed by atoms with Gasteiger partial charge in [-0.1, -0.05) is 24.3 Å². The zero-order valence-corrected chi connectivity index (χ0v) is 12.2. The molecule has 2 aliphatic heterocycles. The summed E-state index contributed by atoms with van der Waals surface area (Å²) >= 11 is 0. The highest BCUT2D eigenvalue weighted by Crippen LogP contribution is 2.40. The fourth-order valence-corrected chi connectivity index (χ4v) is 4.70. The highest BCUT2D eigenvalue weighted by molar-refractivity contribution is 7.88. The largest absolute Gasteiger partial charge is 0.390 e. The van der Waals surface area contributed by atoms with Gasteiger partial charge >= 0.3 is 10.0 Å². The fourth-order valence-electron chi connectivity index (χ4n) is 3.19. The molecule has 1 aromatic rings. The molecular formula is C15H14N3O2S+. The van der Waals surface area contributed by atoms with Crippen molar-refractivity contribution in [2.75, 3.05) is 0 Å². The van der Waals surface area contributed by atoms with Gasteiger partial charge < -0.3 is 0 Å². The van der Waals surface area contributed by atoms with E-state index in [1.54, 1.807) is 6.08 Å². The quantitative estimate of drug-likeness (QED) is 0.823. The number of rotatable bonds is 1. The number of azo groups is 1. The molecule has 0 amide bonds. The standard InChI is InChI=1S/C15H13N3O2S/c1-9-7-8-11-12-13(9)16-17-15(12)14(18-21(11,19)20)10-5-3-2-4-6-10/h2-8,12-13,15H,1H3/p+1. The van der Waals surface area contributed by atoms with Crippen molar-refractivity contribution in [2.45, 2.75) is 19.0 Å². The van der Waals surface area contributed by atoms with E-state index < -0.39 is 10.0 Å². The van der Waals surface area contributed by atoms with Crippen molar-refractivity contribution >= 4 is 15.7 Å². The molecule has 3 aliphatic rings. The Morgan fingerprint density at radius 1 is 1.05 bits per heavy atom. The van der Waals surface area contributed by atoms with Crippen molar-refractivity contribution in [1.82, 2.24) is 0 Å². The van der Waals surface area contributed by atoms with Gasteiger partial charge in [-0.2, -0.15) is 18.6 Å². The van der Waals surface area contributed by atoms with E-state index in [-0.39, 0.29) is 18.0 Å². The van der Waals surface area contributed by atoms with E-state index in [9.17, 15) is 8.42 Å². The summed E-state index contributed by atoms with van der Waals surface area (Å²) < 4.78 is 27.7. The maximum Gasteiger partial charge on any atom is 0.390 e. The van der Waals surface area contributed by atoms with Crippen LogP contribution in [0.25, 0.3) is 0 Å². The SMILES string of the molecule is CC1=CC=C2C3C1N=NC3C(c1ccccc1)=[NH+]S2(=O)=O. The lowest BCUT2D eigenvalue weighted by atomic mass is 9.82. The first-order chi connectivity index (χ1) is 10.1. The average molecular weight is 300 g/mol. The summed E-state index contributed by atoms with van der Waals surface area (Å²) in [6, 6.07) is 9.04. The van der Waals surface area contributed by atoms with Crippen LogP contribution in [0.5, 0.6) is 0 Å². The van der Waals surface area contributed by atoms with Crippen LogP contribution in [0.1, 0.15) is 12.5 Å². The number of hydrogen-bond acceptors (Lipinski definition) is 4. The van der Waals surface area contributed by atoms with Gasteiger partial charge in [0.05, 0.1) is 5.92 Å². The van der Waals surface area contributed by atoms with Crippen molar-refractivity contribution in [3.05, 3.63) is 58.5 Å². The Labute approximate surface area is 122 Å².